The highest BCUT2D eigenvalue weighted by Gasteiger charge is 2.49. The van der Waals surface area contributed by atoms with Crippen LogP contribution in [-0.4, -0.2) is 29.1 Å². The molecule has 0 spiro atoms. The Labute approximate surface area is 95.0 Å². The van der Waals surface area contributed by atoms with Crippen molar-refractivity contribution in [1.82, 2.24) is 0 Å². The van der Waals surface area contributed by atoms with Gasteiger partial charge in [0.1, 0.15) is 11.7 Å². The van der Waals surface area contributed by atoms with Crippen LogP contribution in [0, 0.1) is 11.8 Å². The fraction of sp³-hybridized carbons (Fsp3) is 0.833. The molecule has 4 nitrogen and oxygen atoms in total. The first-order valence-electron chi connectivity index (χ1n) is 5.97. The van der Waals surface area contributed by atoms with Gasteiger partial charge in [-0.15, -0.1) is 0 Å². The predicted octanol–water partition coefficient (Wildman–Crippen LogP) is 1.06. The number of ether oxygens (including phenoxy) is 1. The van der Waals surface area contributed by atoms with Gasteiger partial charge in [0.2, 0.25) is 0 Å². The summed E-state index contributed by atoms with van der Waals surface area (Å²) in [5.41, 5.74) is -0.844. The van der Waals surface area contributed by atoms with Crippen molar-refractivity contribution in [2.75, 3.05) is 6.61 Å². The number of rotatable bonds is 2. The van der Waals surface area contributed by atoms with Crippen molar-refractivity contribution in [2.45, 2.75) is 44.6 Å². The SMILES string of the molecule is CCOC(=O)[C@H]1C(=O)C[C@]2(O)CCC[C@@H]1C2. The highest BCUT2D eigenvalue weighted by atomic mass is 16.5. The lowest BCUT2D eigenvalue weighted by molar-refractivity contribution is -0.163. The zero-order valence-corrected chi connectivity index (χ0v) is 9.57. The molecule has 0 aliphatic heterocycles. The summed E-state index contributed by atoms with van der Waals surface area (Å²) in [7, 11) is 0. The van der Waals surface area contributed by atoms with Gasteiger partial charge in [-0.25, -0.2) is 0 Å². The number of carbonyl (C=O) groups is 2. The molecule has 4 heteroatoms. The monoisotopic (exact) mass is 226 g/mol. The van der Waals surface area contributed by atoms with Gasteiger partial charge < -0.3 is 9.84 Å². The molecule has 0 heterocycles. The molecule has 2 aliphatic rings. The van der Waals surface area contributed by atoms with Crippen molar-refractivity contribution in [3.8, 4) is 0 Å². The zero-order valence-electron chi connectivity index (χ0n) is 9.57. The summed E-state index contributed by atoms with van der Waals surface area (Å²) in [5.74, 6) is -1.18. The lowest BCUT2D eigenvalue weighted by atomic mass is 9.64. The van der Waals surface area contributed by atoms with E-state index in [1.165, 1.54) is 0 Å². The van der Waals surface area contributed by atoms with Crippen LogP contribution < -0.4 is 0 Å². The summed E-state index contributed by atoms with van der Waals surface area (Å²) in [6, 6.07) is 0. The number of Topliss-reactive ketones (excluding diaryl/α,β-unsaturated/α-hetero) is 1. The van der Waals surface area contributed by atoms with Crippen molar-refractivity contribution in [3.63, 3.8) is 0 Å². The van der Waals surface area contributed by atoms with Crippen LogP contribution in [0.5, 0.6) is 0 Å². The first-order chi connectivity index (χ1) is 7.56. The number of aliphatic hydroxyl groups is 1. The predicted molar refractivity (Wildman–Crippen MR) is 56.7 cm³/mol. The minimum atomic E-state index is -0.844. The molecule has 2 rings (SSSR count). The minimum absolute atomic E-state index is 0.0148. The van der Waals surface area contributed by atoms with Crippen LogP contribution in [0.1, 0.15) is 39.0 Å². The largest absolute Gasteiger partial charge is 0.465 e. The number of esters is 1. The summed E-state index contributed by atoms with van der Waals surface area (Å²) >= 11 is 0. The van der Waals surface area contributed by atoms with Crippen LogP contribution in [0.2, 0.25) is 0 Å². The van der Waals surface area contributed by atoms with Gasteiger partial charge in [0.15, 0.2) is 0 Å². The fourth-order valence-corrected chi connectivity index (χ4v) is 3.08. The lowest BCUT2D eigenvalue weighted by Crippen LogP contribution is -2.50. The standard InChI is InChI=1S/C12H18O4/c1-2-16-11(14)10-8-4-3-5-12(15,6-8)7-9(10)13/h8,10,15H,2-7H2,1H3/t8-,10-,12+/m1/s1. The molecule has 2 aliphatic carbocycles. The molecule has 0 aromatic rings. The van der Waals surface area contributed by atoms with E-state index >= 15 is 0 Å². The van der Waals surface area contributed by atoms with Gasteiger partial charge in [-0.05, 0) is 32.1 Å². The Kier molecular flexibility index (Phi) is 3.02. The van der Waals surface area contributed by atoms with Gasteiger partial charge in [0, 0.05) is 6.42 Å². The fourth-order valence-electron chi connectivity index (χ4n) is 3.08. The Hall–Kier alpha value is -0.900. The molecule has 0 aromatic heterocycles. The smallest absolute Gasteiger partial charge is 0.316 e. The average Bonchev–Trinajstić information content (AvgIpc) is 2.15. The summed E-state index contributed by atoms with van der Waals surface area (Å²) in [6.45, 7) is 2.04. The van der Waals surface area contributed by atoms with E-state index < -0.39 is 17.5 Å². The topological polar surface area (TPSA) is 63.6 Å². The summed E-state index contributed by atoms with van der Waals surface area (Å²) in [5, 5.41) is 10.1. The number of carbonyl (C=O) groups excluding carboxylic acids is 2. The molecule has 0 radical (unpaired) electrons. The summed E-state index contributed by atoms with van der Waals surface area (Å²) < 4.78 is 4.93. The Balaban J connectivity index is 2.14. The van der Waals surface area contributed by atoms with Crippen molar-refractivity contribution >= 4 is 11.8 Å². The number of hydrogen-bond acceptors (Lipinski definition) is 4. The molecule has 0 unspecified atom stereocenters. The van der Waals surface area contributed by atoms with E-state index in [2.05, 4.69) is 0 Å². The van der Waals surface area contributed by atoms with Gasteiger partial charge >= 0.3 is 5.97 Å². The van der Waals surface area contributed by atoms with E-state index in [-0.39, 0.29) is 18.1 Å². The van der Waals surface area contributed by atoms with Crippen LogP contribution in [-0.2, 0) is 14.3 Å². The van der Waals surface area contributed by atoms with Crippen LogP contribution in [0.15, 0.2) is 0 Å². The maximum absolute atomic E-state index is 11.9. The first kappa shape index (κ1) is 11.6. The molecule has 2 saturated carbocycles. The van der Waals surface area contributed by atoms with Crippen LogP contribution in [0.4, 0.5) is 0 Å². The number of ketones is 1. The Morgan fingerprint density at radius 2 is 2.38 bits per heavy atom. The van der Waals surface area contributed by atoms with E-state index in [0.717, 1.165) is 12.8 Å². The molecular weight excluding hydrogens is 208 g/mol. The van der Waals surface area contributed by atoms with Crippen LogP contribution >= 0.6 is 0 Å². The van der Waals surface area contributed by atoms with E-state index in [1.807, 2.05) is 0 Å². The third kappa shape index (κ3) is 1.98. The molecule has 2 bridgehead atoms. The second-order valence-corrected chi connectivity index (χ2v) is 4.95. The average molecular weight is 226 g/mol. The highest BCUT2D eigenvalue weighted by Crippen LogP contribution is 2.44. The van der Waals surface area contributed by atoms with Crippen LogP contribution in [0.25, 0.3) is 0 Å². The zero-order chi connectivity index (χ0) is 11.8. The van der Waals surface area contributed by atoms with Gasteiger partial charge in [-0.3, -0.25) is 9.59 Å². The Morgan fingerprint density at radius 3 is 3.06 bits per heavy atom. The third-order valence-corrected chi connectivity index (χ3v) is 3.72. The minimum Gasteiger partial charge on any atom is -0.465 e. The maximum Gasteiger partial charge on any atom is 0.316 e. The van der Waals surface area contributed by atoms with Crippen molar-refractivity contribution < 1.29 is 19.4 Å². The maximum atomic E-state index is 11.9. The number of fused-ring (bicyclic) bond motifs is 2. The summed E-state index contributed by atoms with van der Waals surface area (Å²) in [4.78, 5) is 23.6. The van der Waals surface area contributed by atoms with Gasteiger partial charge in [-0.2, -0.15) is 0 Å². The van der Waals surface area contributed by atoms with Gasteiger partial charge in [0.25, 0.3) is 0 Å². The normalized spacial score (nSPS) is 38.2. The van der Waals surface area contributed by atoms with Gasteiger partial charge in [0.05, 0.1) is 12.2 Å². The van der Waals surface area contributed by atoms with Crippen molar-refractivity contribution in [1.29, 1.82) is 0 Å². The van der Waals surface area contributed by atoms with Crippen molar-refractivity contribution in [2.24, 2.45) is 11.8 Å². The van der Waals surface area contributed by atoms with E-state index in [1.54, 1.807) is 6.92 Å². The third-order valence-electron chi connectivity index (χ3n) is 3.72. The molecule has 3 atom stereocenters. The van der Waals surface area contributed by atoms with E-state index in [4.69, 9.17) is 4.74 Å². The highest BCUT2D eigenvalue weighted by molar-refractivity contribution is 6.00. The second kappa shape index (κ2) is 4.17. The molecular formula is C12H18O4. The van der Waals surface area contributed by atoms with E-state index in [0.29, 0.717) is 19.4 Å². The molecule has 2 fully saturated rings. The van der Waals surface area contributed by atoms with E-state index in [9.17, 15) is 14.7 Å². The van der Waals surface area contributed by atoms with Crippen LogP contribution in [0.3, 0.4) is 0 Å². The molecule has 0 amide bonds. The first-order valence-corrected chi connectivity index (χ1v) is 5.97. The quantitative estimate of drug-likeness (QED) is 0.565. The second-order valence-electron chi connectivity index (χ2n) is 4.95. The molecule has 0 aromatic carbocycles. The molecule has 0 saturated heterocycles. The van der Waals surface area contributed by atoms with Crippen molar-refractivity contribution in [3.05, 3.63) is 0 Å². The number of hydrogen-bond donors (Lipinski definition) is 1. The molecule has 1 N–H and O–H groups in total. The lowest BCUT2D eigenvalue weighted by Gasteiger charge is -2.43. The molecule has 16 heavy (non-hydrogen) atoms. The summed E-state index contributed by atoms with van der Waals surface area (Å²) in [6.07, 6.45) is 3.11. The molecule has 90 valence electrons. The Bertz CT molecular complexity index is 312. The van der Waals surface area contributed by atoms with Gasteiger partial charge in [-0.1, -0.05) is 6.42 Å². The Morgan fingerprint density at radius 1 is 1.62 bits per heavy atom.